The first-order chi connectivity index (χ1) is 10.8. The van der Waals surface area contributed by atoms with Gasteiger partial charge in [-0.3, -0.25) is 0 Å². The predicted molar refractivity (Wildman–Crippen MR) is 87.4 cm³/mol. The van der Waals surface area contributed by atoms with E-state index in [0.29, 0.717) is 25.4 Å². The van der Waals surface area contributed by atoms with Crippen LogP contribution in [0.1, 0.15) is 34.1 Å². The van der Waals surface area contributed by atoms with Gasteiger partial charge in [-0.2, -0.15) is 0 Å². The second-order valence-electron chi connectivity index (χ2n) is 6.63. The summed E-state index contributed by atoms with van der Waals surface area (Å²) >= 11 is 0. The van der Waals surface area contributed by atoms with Crippen molar-refractivity contribution in [2.75, 3.05) is 25.0 Å². The maximum atomic E-state index is 13.9. The van der Waals surface area contributed by atoms with Crippen LogP contribution in [0.2, 0.25) is 0 Å². The van der Waals surface area contributed by atoms with Crippen LogP contribution in [0.3, 0.4) is 0 Å². The van der Waals surface area contributed by atoms with E-state index in [4.69, 9.17) is 9.47 Å². The number of likely N-dealkylation sites (tertiary alicyclic amines) is 1. The summed E-state index contributed by atoms with van der Waals surface area (Å²) < 4.78 is 24.4. The highest BCUT2D eigenvalue weighted by Crippen LogP contribution is 2.23. The number of carbonyl (C=O) groups excluding carboxylic acids is 1. The van der Waals surface area contributed by atoms with Crippen molar-refractivity contribution >= 4 is 11.8 Å². The minimum Gasteiger partial charge on any atom is -0.491 e. The Morgan fingerprint density at radius 2 is 2.17 bits per heavy atom. The highest BCUT2D eigenvalue weighted by molar-refractivity contribution is 5.68. The summed E-state index contributed by atoms with van der Waals surface area (Å²) in [5.41, 5.74) is 0.183. The van der Waals surface area contributed by atoms with Gasteiger partial charge in [0.25, 0.3) is 0 Å². The van der Waals surface area contributed by atoms with Crippen molar-refractivity contribution in [3.05, 3.63) is 24.0 Å². The van der Waals surface area contributed by atoms with Gasteiger partial charge in [0, 0.05) is 30.9 Å². The molecule has 0 bridgehead atoms. The van der Waals surface area contributed by atoms with Gasteiger partial charge in [-0.05, 0) is 46.2 Å². The fourth-order valence-corrected chi connectivity index (χ4v) is 2.47. The number of carbonyl (C=O) groups is 1. The predicted octanol–water partition coefficient (Wildman–Crippen LogP) is 3.65. The molecule has 0 aromatic heterocycles. The summed E-state index contributed by atoms with van der Waals surface area (Å²) in [5, 5.41) is 3.25. The van der Waals surface area contributed by atoms with Crippen LogP contribution in [0.4, 0.5) is 14.9 Å². The van der Waals surface area contributed by atoms with Crippen LogP contribution in [0, 0.1) is 5.82 Å². The third kappa shape index (κ3) is 5.01. The van der Waals surface area contributed by atoms with Crippen molar-refractivity contribution in [2.45, 2.75) is 45.8 Å². The molecule has 128 valence electrons. The molecule has 1 aliphatic heterocycles. The Balaban J connectivity index is 1.90. The Hall–Kier alpha value is -1.98. The van der Waals surface area contributed by atoms with Gasteiger partial charge in [-0.1, -0.05) is 0 Å². The molecule has 1 aromatic carbocycles. The molecule has 2 rings (SSSR count). The minimum absolute atomic E-state index is 0.0832. The molecule has 1 N–H and O–H groups in total. The van der Waals surface area contributed by atoms with E-state index in [1.54, 1.807) is 17.0 Å². The van der Waals surface area contributed by atoms with Gasteiger partial charge < -0.3 is 19.7 Å². The number of halogens is 1. The summed E-state index contributed by atoms with van der Waals surface area (Å²) in [5.74, 6) is -0.140. The molecule has 1 amide bonds. The number of nitrogens with one attached hydrogen (secondary N) is 1. The fraction of sp³-hybridized carbons (Fsp3) is 0.588. The Morgan fingerprint density at radius 3 is 2.78 bits per heavy atom. The average molecular weight is 324 g/mol. The minimum atomic E-state index is -0.499. The van der Waals surface area contributed by atoms with Gasteiger partial charge in [0.05, 0.1) is 6.61 Å². The Labute approximate surface area is 136 Å². The van der Waals surface area contributed by atoms with Crippen molar-refractivity contribution in [1.29, 1.82) is 0 Å². The zero-order chi connectivity index (χ0) is 17.0. The maximum absolute atomic E-state index is 13.9. The summed E-state index contributed by atoms with van der Waals surface area (Å²) in [6, 6.07) is 4.90. The van der Waals surface area contributed by atoms with Crippen LogP contribution in [-0.2, 0) is 4.74 Å². The molecule has 0 spiro atoms. The quantitative estimate of drug-likeness (QED) is 0.918. The molecular weight excluding hydrogens is 299 g/mol. The Kier molecular flexibility index (Phi) is 5.34. The number of rotatable bonds is 4. The monoisotopic (exact) mass is 324 g/mol. The SMILES string of the molecule is CCOc1ccc(NC2CCN(C(=O)OC(C)(C)C)C2)cc1F. The zero-order valence-corrected chi connectivity index (χ0v) is 14.2. The molecule has 0 aliphatic carbocycles. The molecule has 1 fully saturated rings. The highest BCUT2D eigenvalue weighted by Gasteiger charge is 2.29. The van der Waals surface area contributed by atoms with Crippen LogP contribution in [0.25, 0.3) is 0 Å². The van der Waals surface area contributed by atoms with Gasteiger partial charge in [-0.25, -0.2) is 9.18 Å². The van der Waals surface area contributed by atoms with E-state index in [1.807, 2.05) is 27.7 Å². The van der Waals surface area contributed by atoms with Crippen molar-refractivity contribution in [2.24, 2.45) is 0 Å². The summed E-state index contributed by atoms with van der Waals surface area (Å²) in [7, 11) is 0. The molecular formula is C17H25FN2O3. The molecule has 0 saturated carbocycles. The smallest absolute Gasteiger partial charge is 0.410 e. The molecule has 1 atom stereocenters. The normalized spacial score (nSPS) is 18.0. The van der Waals surface area contributed by atoms with Gasteiger partial charge in [0.2, 0.25) is 0 Å². The van der Waals surface area contributed by atoms with E-state index in [-0.39, 0.29) is 23.7 Å². The Bertz CT molecular complexity index is 557. The van der Waals surface area contributed by atoms with Crippen molar-refractivity contribution in [1.82, 2.24) is 4.90 Å². The highest BCUT2D eigenvalue weighted by atomic mass is 19.1. The van der Waals surface area contributed by atoms with E-state index >= 15 is 0 Å². The van der Waals surface area contributed by atoms with E-state index in [9.17, 15) is 9.18 Å². The van der Waals surface area contributed by atoms with Crippen molar-refractivity contribution in [3.8, 4) is 5.75 Å². The van der Waals surface area contributed by atoms with Gasteiger partial charge in [0.1, 0.15) is 5.60 Å². The number of nitrogens with zero attached hydrogens (tertiary/aromatic N) is 1. The lowest BCUT2D eigenvalue weighted by Gasteiger charge is -2.24. The number of hydrogen-bond donors (Lipinski definition) is 1. The standard InChI is InChI=1S/C17H25FN2O3/c1-5-22-15-7-6-12(10-14(15)18)19-13-8-9-20(11-13)16(21)23-17(2,3)4/h6-7,10,13,19H,5,8-9,11H2,1-4H3. The van der Waals surface area contributed by atoms with Crippen LogP contribution >= 0.6 is 0 Å². The fourth-order valence-electron chi connectivity index (χ4n) is 2.47. The number of benzene rings is 1. The third-order valence-corrected chi connectivity index (χ3v) is 3.44. The van der Waals surface area contributed by atoms with Crippen LogP contribution in [0.5, 0.6) is 5.75 Å². The lowest BCUT2D eigenvalue weighted by atomic mass is 10.2. The molecule has 1 heterocycles. The average Bonchev–Trinajstić information content (AvgIpc) is 2.89. The van der Waals surface area contributed by atoms with Crippen molar-refractivity contribution < 1.29 is 18.7 Å². The van der Waals surface area contributed by atoms with Crippen LogP contribution in [-0.4, -0.2) is 42.3 Å². The van der Waals surface area contributed by atoms with Crippen LogP contribution < -0.4 is 10.1 Å². The van der Waals surface area contributed by atoms with E-state index in [0.717, 1.165) is 6.42 Å². The third-order valence-electron chi connectivity index (χ3n) is 3.44. The topological polar surface area (TPSA) is 50.8 Å². The number of anilines is 1. The molecule has 5 nitrogen and oxygen atoms in total. The second-order valence-corrected chi connectivity index (χ2v) is 6.63. The first-order valence-electron chi connectivity index (χ1n) is 7.95. The van der Waals surface area contributed by atoms with Crippen molar-refractivity contribution in [3.63, 3.8) is 0 Å². The lowest BCUT2D eigenvalue weighted by molar-refractivity contribution is 0.0293. The van der Waals surface area contributed by atoms with E-state index in [1.165, 1.54) is 6.07 Å². The number of ether oxygens (including phenoxy) is 2. The van der Waals surface area contributed by atoms with Crippen LogP contribution in [0.15, 0.2) is 18.2 Å². The van der Waals surface area contributed by atoms with Gasteiger partial charge in [0.15, 0.2) is 11.6 Å². The Morgan fingerprint density at radius 1 is 1.43 bits per heavy atom. The molecule has 23 heavy (non-hydrogen) atoms. The van der Waals surface area contributed by atoms with E-state index < -0.39 is 5.60 Å². The molecule has 1 unspecified atom stereocenters. The molecule has 1 saturated heterocycles. The molecule has 6 heteroatoms. The molecule has 1 aliphatic rings. The number of hydrogen-bond acceptors (Lipinski definition) is 4. The van der Waals surface area contributed by atoms with E-state index in [2.05, 4.69) is 5.32 Å². The maximum Gasteiger partial charge on any atom is 0.410 e. The van der Waals surface area contributed by atoms with Gasteiger partial charge >= 0.3 is 6.09 Å². The first-order valence-corrected chi connectivity index (χ1v) is 7.95. The first kappa shape index (κ1) is 17.4. The number of amides is 1. The lowest BCUT2D eigenvalue weighted by Crippen LogP contribution is -2.36. The summed E-state index contributed by atoms with van der Waals surface area (Å²) in [4.78, 5) is 13.7. The second kappa shape index (κ2) is 7.06. The molecule has 1 aromatic rings. The summed E-state index contributed by atoms with van der Waals surface area (Å²) in [6.07, 6.45) is 0.494. The van der Waals surface area contributed by atoms with Gasteiger partial charge in [-0.15, -0.1) is 0 Å². The summed E-state index contributed by atoms with van der Waals surface area (Å²) in [6.45, 7) is 8.96. The zero-order valence-electron chi connectivity index (χ0n) is 14.2. The largest absolute Gasteiger partial charge is 0.491 e. The molecule has 0 radical (unpaired) electrons.